The summed E-state index contributed by atoms with van der Waals surface area (Å²) in [7, 11) is 1.79. The Morgan fingerprint density at radius 2 is 1.91 bits per heavy atom. The molecule has 3 aromatic rings. The summed E-state index contributed by atoms with van der Waals surface area (Å²) < 4.78 is 35.8. The summed E-state index contributed by atoms with van der Waals surface area (Å²) in [4.78, 5) is 18.8. The highest BCUT2D eigenvalue weighted by molar-refractivity contribution is 5.79. The maximum absolute atomic E-state index is 14.4. The predicted octanol–water partition coefficient (Wildman–Crippen LogP) is 3.99. The topological polar surface area (TPSA) is 75.8 Å². The number of ether oxygens (including phenoxy) is 1. The van der Waals surface area contributed by atoms with Gasteiger partial charge >= 0.3 is 6.03 Å². The summed E-state index contributed by atoms with van der Waals surface area (Å²) in [6, 6.07) is 5.64. The molecule has 0 N–H and O–H groups in total. The van der Waals surface area contributed by atoms with Crippen LogP contribution in [-0.4, -0.2) is 56.1 Å². The second kappa shape index (κ2) is 8.51. The monoisotopic (exact) mass is 466 g/mol. The highest BCUT2D eigenvalue weighted by atomic mass is 19.1. The van der Waals surface area contributed by atoms with E-state index in [0.29, 0.717) is 30.8 Å². The quantitative estimate of drug-likeness (QED) is 0.583. The van der Waals surface area contributed by atoms with Crippen molar-refractivity contribution in [3.8, 4) is 17.1 Å². The molecule has 10 heteroatoms. The van der Waals surface area contributed by atoms with Gasteiger partial charge in [0.1, 0.15) is 11.9 Å². The van der Waals surface area contributed by atoms with Crippen molar-refractivity contribution in [3.05, 3.63) is 65.0 Å². The molecule has 34 heavy (non-hydrogen) atoms. The zero-order valence-electron chi connectivity index (χ0n) is 19.1. The number of aromatic nitrogens is 3. The van der Waals surface area contributed by atoms with Crippen molar-refractivity contribution in [3.63, 3.8) is 0 Å². The second-order valence-electron chi connectivity index (χ2n) is 8.68. The maximum atomic E-state index is 14.4. The third kappa shape index (κ3) is 4.00. The van der Waals surface area contributed by atoms with Gasteiger partial charge in [0.15, 0.2) is 11.6 Å². The van der Waals surface area contributed by atoms with E-state index in [9.17, 15) is 13.6 Å². The van der Waals surface area contributed by atoms with Gasteiger partial charge in [-0.05, 0) is 42.7 Å². The molecule has 1 unspecified atom stereocenters. The summed E-state index contributed by atoms with van der Waals surface area (Å²) in [5.41, 5.74) is 3.74. The number of hydrazone groups is 1. The predicted molar refractivity (Wildman–Crippen MR) is 121 cm³/mol. The average Bonchev–Trinajstić information content (AvgIpc) is 3.37. The summed E-state index contributed by atoms with van der Waals surface area (Å²) in [5, 5.41) is 9.79. The van der Waals surface area contributed by atoms with Gasteiger partial charge in [0, 0.05) is 25.7 Å². The fourth-order valence-electron chi connectivity index (χ4n) is 4.38. The number of hydrogen-bond acceptors (Lipinski definition) is 5. The number of nitrogens with zero attached hydrogens (tertiary/aromatic N) is 6. The van der Waals surface area contributed by atoms with Crippen LogP contribution in [0.4, 0.5) is 13.6 Å². The van der Waals surface area contributed by atoms with Crippen molar-refractivity contribution in [1.82, 2.24) is 24.7 Å². The number of rotatable bonds is 4. The number of carbonyl (C=O) groups excluding carboxylic acids is 1. The van der Waals surface area contributed by atoms with Crippen LogP contribution < -0.4 is 4.74 Å². The molecule has 1 fully saturated rings. The molecule has 2 aliphatic rings. The van der Waals surface area contributed by atoms with Crippen LogP contribution >= 0.6 is 0 Å². The molecule has 0 saturated carbocycles. The second-order valence-corrected chi connectivity index (χ2v) is 8.68. The van der Waals surface area contributed by atoms with Crippen molar-refractivity contribution in [2.75, 3.05) is 13.1 Å². The normalized spacial score (nSPS) is 17.9. The Morgan fingerprint density at radius 1 is 1.12 bits per heavy atom. The van der Waals surface area contributed by atoms with E-state index in [4.69, 9.17) is 4.74 Å². The molecule has 0 spiro atoms. The summed E-state index contributed by atoms with van der Waals surface area (Å²) in [6.07, 6.45) is 4.66. The lowest BCUT2D eigenvalue weighted by Gasteiger charge is -2.41. The van der Waals surface area contributed by atoms with Crippen LogP contribution in [0.15, 0.2) is 41.8 Å². The number of amides is 2. The third-order valence-corrected chi connectivity index (χ3v) is 6.07. The summed E-state index contributed by atoms with van der Waals surface area (Å²) >= 11 is 0. The highest BCUT2D eigenvalue weighted by Gasteiger charge is 2.39. The largest absolute Gasteiger partial charge is 0.483 e. The van der Waals surface area contributed by atoms with Crippen molar-refractivity contribution < 1.29 is 18.3 Å². The lowest BCUT2D eigenvalue weighted by Crippen LogP contribution is -2.58. The Bertz CT molecular complexity index is 1240. The van der Waals surface area contributed by atoms with Gasteiger partial charge < -0.3 is 9.64 Å². The zero-order valence-corrected chi connectivity index (χ0v) is 19.1. The molecule has 0 radical (unpaired) electrons. The molecular weight excluding hydrogens is 442 g/mol. The molecule has 8 nitrogen and oxygen atoms in total. The van der Waals surface area contributed by atoms with Crippen LogP contribution in [0.2, 0.25) is 0 Å². The van der Waals surface area contributed by atoms with E-state index >= 15 is 0 Å². The Hall–Kier alpha value is -3.82. The minimum Gasteiger partial charge on any atom is -0.483 e. The number of hydrogen-bond donors (Lipinski definition) is 0. The van der Waals surface area contributed by atoms with E-state index in [1.54, 1.807) is 35.1 Å². The highest BCUT2D eigenvalue weighted by Crippen LogP contribution is 2.32. The SMILES string of the molecule is Cc1cc(F)cc(C2CC=NN2C(=O)N2CC(Oc3cc(-c4c(C)cnn4C)ncc3F)C2)c1. The van der Waals surface area contributed by atoms with Crippen molar-refractivity contribution in [2.45, 2.75) is 32.4 Å². The molecule has 5 rings (SSSR count). The number of halogens is 2. The van der Waals surface area contributed by atoms with Crippen LogP contribution in [0.1, 0.15) is 29.2 Å². The van der Waals surface area contributed by atoms with E-state index < -0.39 is 5.82 Å². The van der Waals surface area contributed by atoms with Gasteiger partial charge in [0.2, 0.25) is 0 Å². The van der Waals surface area contributed by atoms with E-state index in [2.05, 4.69) is 15.2 Å². The standard InChI is InChI=1S/C24H24F2N6O2/c1-14-6-16(8-17(25)7-14)21-4-5-28-32(21)24(33)31-12-18(13-31)34-22-9-20(27-11-19(22)26)23-15(2)10-29-30(23)3/h5-11,18,21H,4,12-13H2,1-3H3. The third-order valence-electron chi connectivity index (χ3n) is 6.07. The first-order valence-corrected chi connectivity index (χ1v) is 11.0. The van der Waals surface area contributed by atoms with Crippen molar-refractivity contribution in [2.24, 2.45) is 12.1 Å². The van der Waals surface area contributed by atoms with Gasteiger partial charge in [-0.25, -0.2) is 18.6 Å². The lowest BCUT2D eigenvalue weighted by atomic mass is 10.0. The van der Waals surface area contributed by atoms with E-state index in [1.165, 1.54) is 17.1 Å². The molecule has 0 aliphatic carbocycles. The van der Waals surface area contributed by atoms with Gasteiger partial charge in [-0.2, -0.15) is 10.2 Å². The Kier molecular flexibility index (Phi) is 5.51. The van der Waals surface area contributed by atoms with Gasteiger partial charge in [0.05, 0.1) is 42.9 Å². The number of pyridine rings is 1. The molecule has 2 aliphatic heterocycles. The first-order chi connectivity index (χ1) is 16.3. The zero-order chi connectivity index (χ0) is 24.0. The Morgan fingerprint density at radius 3 is 2.62 bits per heavy atom. The lowest BCUT2D eigenvalue weighted by molar-refractivity contribution is 0.0257. The minimum absolute atomic E-state index is 0.0787. The van der Waals surface area contributed by atoms with E-state index in [0.717, 1.165) is 23.0 Å². The molecule has 1 atom stereocenters. The molecule has 2 amide bonds. The molecular formula is C24H24F2N6O2. The average molecular weight is 466 g/mol. The van der Waals surface area contributed by atoms with Gasteiger partial charge in [-0.1, -0.05) is 6.07 Å². The Labute approximate surface area is 195 Å². The summed E-state index contributed by atoms with van der Waals surface area (Å²) in [5.74, 6) is -0.833. The van der Waals surface area contributed by atoms with E-state index in [1.807, 2.05) is 19.9 Å². The van der Waals surface area contributed by atoms with Crippen molar-refractivity contribution in [1.29, 1.82) is 0 Å². The molecule has 1 aromatic carbocycles. The van der Waals surface area contributed by atoms with Crippen LogP contribution in [0.25, 0.3) is 11.4 Å². The Balaban J connectivity index is 1.25. The van der Waals surface area contributed by atoms with Crippen LogP contribution in [-0.2, 0) is 7.05 Å². The first kappa shape index (κ1) is 22.0. The molecule has 176 valence electrons. The molecule has 0 bridgehead atoms. The van der Waals surface area contributed by atoms with Gasteiger partial charge in [-0.3, -0.25) is 9.67 Å². The number of urea groups is 1. The fourth-order valence-corrected chi connectivity index (χ4v) is 4.38. The number of aryl methyl sites for hydroxylation is 3. The number of benzene rings is 1. The van der Waals surface area contributed by atoms with Gasteiger partial charge in [-0.15, -0.1) is 0 Å². The van der Waals surface area contributed by atoms with Crippen molar-refractivity contribution >= 4 is 12.2 Å². The number of likely N-dealkylation sites (tertiary alicyclic amines) is 1. The van der Waals surface area contributed by atoms with Gasteiger partial charge in [0.25, 0.3) is 0 Å². The molecule has 1 saturated heterocycles. The fraction of sp³-hybridized carbons (Fsp3) is 0.333. The molecule has 4 heterocycles. The van der Waals surface area contributed by atoms with Crippen LogP contribution in [0.5, 0.6) is 5.75 Å². The number of carbonyl (C=O) groups is 1. The maximum Gasteiger partial charge on any atom is 0.341 e. The van der Waals surface area contributed by atoms with Crippen LogP contribution in [0.3, 0.4) is 0 Å². The smallest absolute Gasteiger partial charge is 0.341 e. The molecule has 2 aromatic heterocycles. The van der Waals surface area contributed by atoms with E-state index in [-0.39, 0.29) is 29.7 Å². The summed E-state index contributed by atoms with van der Waals surface area (Å²) in [6.45, 7) is 4.30. The van der Waals surface area contributed by atoms with Crippen LogP contribution in [0, 0.1) is 25.5 Å². The first-order valence-electron chi connectivity index (χ1n) is 11.0. The minimum atomic E-state index is -0.570.